The van der Waals surface area contributed by atoms with Crippen molar-refractivity contribution in [1.82, 2.24) is 9.80 Å². The number of rotatable bonds is 4. The van der Waals surface area contributed by atoms with Crippen LogP contribution in [0.1, 0.15) is 23.2 Å². The molecular formula is C17H20N2O4. The first-order valence-corrected chi connectivity index (χ1v) is 8.15. The van der Waals surface area contributed by atoms with E-state index in [0.29, 0.717) is 29.5 Å². The van der Waals surface area contributed by atoms with Crippen LogP contribution in [0.5, 0.6) is 11.5 Å². The first-order valence-electron chi connectivity index (χ1n) is 8.15. The second-order valence-corrected chi connectivity index (χ2v) is 6.37. The molecule has 4 rings (SSSR count). The Morgan fingerprint density at radius 3 is 2.52 bits per heavy atom. The van der Waals surface area contributed by atoms with Gasteiger partial charge in [0.05, 0.1) is 6.54 Å². The predicted octanol–water partition coefficient (Wildman–Crippen LogP) is 1.15. The van der Waals surface area contributed by atoms with Crippen LogP contribution >= 0.6 is 0 Å². The van der Waals surface area contributed by atoms with E-state index in [4.69, 9.17) is 9.47 Å². The van der Waals surface area contributed by atoms with Crippen molar-refractivity contribution in [3.63, 3.8) is 0 Å². The van der Waals surface area contributed by atoms with Crippen molar-refractivity contribution in [1.29, 1.82) is 0 Å². The molecule has 0 N–H and O–H groups in total. The molecule has 2 heterocycles. The van der Waals surface area contributed by atoms with E-state index in [9.17, 15) is 9.59 Å². The van der Waals surface area contributed by atoms with Crippen LogP contribution < -0.4 is 9.47 Å². The largest absolute Gasteiger partial charge is 0.454 e. The van der Waals surface area contributed by atoms with Crippen molar-refractivity contribution in [3.05, 3.63) is 23.8 Å². The molecule has 0 atom stereocenters. The molecule has 1 amide bonds. The maximum absolute atomic E-state index is 12.4. The molecule has 2 fully saturated rings. The summed E-state index contributed by atoms with van der Waals surface area (Å²) in [6.45, 7) is 3.56. The van der Waals surface area contributed by atoms with Gasteiger partial charge in [0.1, 0.15) is 0 Å². The average Bonchev–Trinajstić information content (AvgIpc) is 3.32. The lowest BCUT2D eigenvalue weighted by Gasteiger charge is -2.34. The first-order chi connectivity index (χ1) is 11.2. The van der Waals surface area contributed by atoms with Gasteiger partial charge in [0.15, 0.2) is 17.3 Å². The fraction of sp³-hybridized carbons (Fsp3) is 0.529. The highest BCUT2D eigenvalue weighted by molar-refractivity contribution is 5.98. The summed E-state index contributed by atoms with van der Waals surface area (Å²) in [5.41, 5.74) is 0.644. The summed E-state index contributed by atoms with van der Waals surface area (Å²) in [6.07, 6.45) is 2.09. The zero-order chi connectivity index (χ0) is 15.8. The van der Waals surface area contributed by atoms with Crippen LogP contribution in [0.15, 0.2) is 18.2 Å². The molecule has 122 valence electrons. The van der Waals surface area contributed by atoms with E-state index in [2.05, 4.69) is 4.90 Å². The van der Waals surface area contributed by atoms with E-state index in [1.54, 1.807) is 18.2 Å². The quantitative estimate of drug-likeness (QED) is 0.780. The average molecular weight is 316 g/mol. The van der Waals surface area contributed by atoms with E-state index in [0.717, 1.165) is 39.0 Å². The number of nitrogens with zero attached hydrogens (tertiary/aromatic N) is 2. The summed E-state index contributed by atoms with van der Waals surface area (Å²) in [6, 6.07) is 5.31. The van der Waals surface area contributed by atoms with Crippen molar-refractivity contribution >= 4 is 11.7 Å². The van der Waals surface area contributed by atoms with Crippen LogP contribution in [-0.4, -0.2) is 61.0 Å². The minimum atomic E-state index is 0.0743. The molecule has 6 heteroatoms. The Bertz CT molecular complexity index is 633. The van der Waals surface area contributed by atoms with Gasteiger partial charge in [-0.25, -0.2) is 0 Å². The highest BCUT2D eigenvalue weighted by Crippen LogP contribution is 2.33. The number of ether oxygens (including phenoxy) is 2. The molecule has 1 saturated carbocycles. The van der Waals surface area contributed by atoms with Gasteiger partial charge in [-0.05, 0) is 31.0 Å². The van der Waals surface area contributed by atoms with Gasteiger partial charge in [-0.1, -0.05) is 0 Å². The number of carbonyl (C=O) groups excluding carboxylic acids is 2. The van der Waals surface area contributed by atoms with Crippen LogP contribution in [0, 0.1) is 5.92 Å². The summed E-state index contributed by atoms with van der Waals surface area (Å²) >= 11 is 0. The number of hydrogen-bond donors (Lipinski definition) is 0. The van der Waals surface area contributed by atoms with Gasteiger partial charge in [0.25, 0.3) is 0 Å². The highest BCUT2D eigenvalue weighted by atomic mass is 16.7. The number of fused-ring (bicyclic) bond motifs is 1. The van der Waals surface area contributed by atoms with Gasteiger partial charge in [-0.2, -0.15) is 0 Å². The molecule has 1 aromatic rings. The molecule has 0 spiro atoms. The van der Waals surface area contributed by atoms with E-state index >= 15 is 0 Å². The Labute approximate surface area is 134 Å². The van der Waals surface area contributed by atoms with Gasteiger partial charge in [0.2, 0.25) is 12.7 Å². The van der Waals surface area contributed by atoms with Crippen molar-refractivity contribution in [3.8, 4) is 11.5 Å². The topological polar surface area (TPSA) is 59.1 Å². The molecule has 3 aliphatic rings. The van der Waals surface area contributed by atoms with E-state index in [-0.39, 0.29) is 18.5 Å². The fourth-order valence-corrected chi connectivity index (χ4v) is 3.08. The molecule has 0 bridgehead atoms. The van der Waals surface area contributed by atoms with Crippen molar-refractivity contribution in [2.24, 2.45) is 5.92 Å². The summed E-state index contributed by atoms with van der Waals surface area (Å²) in [7, 11) is 0. The third-order valence-corrected chi connectivity index (χ3v) is 4.67. The SMILES string of the molecule is O=C(CN1CCN(C(=O)C2CC2)CC1)c1ccc2c(c1)OCO2. The van der Waals surface area contributed by atoms with Crippen molar-refractivity contribution in [2.75, 3.05) is 39.5 Å². The van der Waals surface area contributed by atoms with Gasteiger partial charge in [-0.15, -0.1) is 0 Å². The van der Waals surface area contributed by atoms with Gasteiger partial charge in [-0.3, -0.25) is 14.5 Å². The number of benzene rings is 1. The minimum Gasteiger partial charge on any atom is -0.454 e. The smallest absolute Gasteiger partial charge is 0.231 e. The Balaban J connectivity index is 1.32. The lowest BCUT2D eigenvalue weighted by atomic mass is 10.1. The lowest BCUT2D eigenvalue weighted by molar-refractivity contribution is -0.134. The number of hydrogen-bond acceptors (Lipinski definition) is 5. The number of piperazine rings is 1. The van der Waals surface area contributed by atoms with Crippen LogP contribution in [0.25, 0.3) is 0 Å². The fourth-order valence-electron chi connectivity index (χ4n) is 3.08. The normalized spacial score (nSPS) is 20.6. The summed E-state index contributed by atoms with van der Waals surface area (Å²) < 4.78 is 10.6. The van der Waals surface area contributed by atoms with Crippen LogP contribution in [0.2, 0.25) is 0 Å². The zero-order valence-electron chi connectivity index (χ0n) is 13.0. The lowest BCUT2D eigenvalue weighted by Crippen LogP contribution is -2.50. The van der Waals surface area contributed by atoms with E-state index in [1.165, 1.54) is 0 Å². The number of amides is 1. The Morgan fingerprint density at radius 2 is 1.78 bits per heavy atom. The summed E-state index contributed by atoms with van der Waals surface area (Å²) in [4.78, 5) is 28.5. The number of Topliss-reactive ketones (excluding diaryl/α,β-unsaturated/α-hetero) is 1. The van der Waals surface area contributed by atoms with Gasteiger partial charge >= 0.3 is 0 Å². The zero-order valence-corrected chi connectivity index (χ0v) is 13.0. The second kappa shape index (κ2) is 5.85. The third-order valence-electron chi connectivity index (χ3n) is 4.67. The maximum Gasteiger partial charge on any atom is 0.231 e. The second-order valence-electron chi connectivity index (χ2n) is 6.37. The summed E-state index contributed by atoms with van der Waals surface area (Å²) in [5, 5.41) is 0. The third kappa shape index (κ3) is 3.03. The minimum absolute atomic E-state index is 0.0743. The Hall–Kier alpha value is -2.08. The molecular weight excluding hydrogens is 296 g/mol. The van der Waals surface area contributed by atoms with Crippen LogP contribution in [0.3, 0.4) is 0 Å². The molecule has 0 unspecified atom stereocenters. The van der Waals surface area contributed by atoms with Gasteiger partial charge in [0, 0.05) is 37.7 Å². The first kappa shape index (κ1) is 14.5. The molecule has 0 radical (unpaired) electrons. The molecule has 6 nitrogen and oxygen atoms in total. The van der Waals surface area contributed by atoms with Crippen LogP contribution in [0.4, 0.5) is 0 Å². The molecule has 2 aliphatic heterocycles. The Kier molecular flexibility index (Phi) is 3.69. The van der Waals surface area contributed by atoms with Crippen LogP contribution in [-0.2, 0) is 4.79 Å². The molecule has 1 aliphatic carbocycles. The van der Waals surface area contributed by atoms with Gasteiger partial charge < -0.3 is 14.4 Å². The number of carbonyl (C=O) groups is 2. The summed E-state index contributed by atoms with van der Waals surface area (Å²) in [5.74, 6) is 1.97. The monoisotopic (exact) mass is 316 g/mol. The Morgan fingerprint density at radius 1 is 1.04 bits per heavy atom. The molecule has 0 aromatic heterocycles. The molecule has 23 heavy (non-hydrogen) atoms. The highest BCUT2D eigenvalue weighted by Gasteiger charge is 2.34. The molecule has 1 saturated heterocycles. The molecule has 1 aromatic carbocycles. The predicted molar refractivity (Wildman–Crippen MR) is 82.6 cm³/mol. The van der Waals surface area contributed by atoms with Crippen molar-refractivity contribution < 1.29 is 19.1 Å². The van der Waals surface area contributed by atoms with E-state index in [1.807, 2.05) is 4.90 Å². The number of ketones is 1. The van der Waals surface area contributed by atoms with E-state index < -0.39 is 0 Å². The standard InChI is InChI=1S/C17H20N2O4/c20-14(13-3-4-15-16(9-13)23-11-22-15)10-18-5-7-19(8-6-18)17(21)12-1-2-12/h3-4,9,12H,1-2,5-8,10-11H2. The van der Waals surface area contributed by atoms with Crippen molar-refractivity contribution in [2.45, 2.75) is 12.8 Å². The maximum atomic E-state index is 12.4.